The maximum Gasteiger partial charge on any atom is 0.273 e. The van der Waals surface area contributed by atoms with Gasteiger partial charge in [0, 0.05) is 36.4 Å². The first-order chi connectivity index (χ1) is 12.7. The normalized spacial score (nSPS) is 16.3. The Bertz CT molecular complexity index is 903. The molecule has 0 spiro atoms. The van der Waals surface area contributed by atoms with Crippen molar-refractivity contribution in [2.75, 3.05) is 20.3 Å². The molecular formula is C19H18ClN3O3. The zero-order valence-corrected chi connectivity index (χ0v) is 15.0. The van der Waals surface area contributed by atoms with Crippen molar-refractivity contribution < 1.29 is 13.9 Å². The van der Waals surface area contributed by atoms with E-state index in [4.69, 9.17) is 20.8 Å². The van der Waals surface area contributed by atoms with E-state index < -0.39 is 0 Å². The van der Waals surface area contributed by atoms with E-state index in [2.05, 4.69) is 10.2 Å². The number of fused-ring (bicyclic) bond motifs is 1. The Kier molecular flexibility index (Phi) is 4.53. The fourth-order valence-corrected chi connectivity index (χ4v) is 3.50. The third kappa shape index (κ3) is 2.81. The van der Waals surface area contributed by atoms with Crippen LogP contribution in [0.4, 0.5) is 0 Å². The number of carbonyl (C=O) groups excluding carboxylic acids is 1. The summed E-state index contributed by atoms with van der Waals surface area (Å²) < 4.78 is 10.8. The summed E-state index contributed by atoms with van der Waals surface area (Å²) in [4.78, 5) is 14.8. The maximum atomic E-state index is 12.9. The molecule has 1 atom stereocenters. The van der Waals surface area contributed by atoms with Gasteiger partial charge in [-0.15, -0.1) is 0 Å². The molecule has 0 aliphatic carbocycles. The molecule has 0 radical (unpaired) electrons. The van der Waals surface area contributed by atoms with Gasteiger partial charge in [0.1, 0.15) is 17.5 Å². The second kappa shape index (κ2) is 6.97. The maximum absolute atomic E-state index is 12.9. The van der Waals surface area contributed by atoms with Crippen molar-refractivity contribution in [2.45, 2.75) is 12.5 Å². The van der Waals surface area contributed by atoms with Gasteiger partial charge in [0.2, 0.25) is 0 Å². The number of halogens is 1. The SMILES string of the molecule is COCCCN1C(=O)c2[nH]nc(-c3ccc(Cl)cc3)c2C1c1ccco1. The predicted molar refractivity (Wildman–Crippen MR) is 97.1 cm³/mol. The van der Waals surface area contributed by atoms with Crippen molar-refractivity contribution in [3.63, 3.8) is 0 Å². The van der Waals surface area contributed by atoms with Gasteiger partial charge >= 0.3 is 0 Å². The number of methoxy groups -OCH3 is 1. The Balaban J connectivity index is 1.78. The summed E-state index contributed by atoms with van der Waals surface area (Å²) >= 11 is 6.00. The highest BCUT2D eigenvalue weighted by molar-refractivity contribution is 6.30. The lowest BCUT2D eigenvalue weighted by molar-refractivity contribution is 0.0708. The lowest BCUT2D eigenvalue weighted by Gasteiger charge is -2.24. The average molecular weight is 372 g/mol. The van der Waals surface area contributed by atoms with Crippen LogP contribution in [-0.2, 0) is 4.74 Å². The van der Waals surface area contributed by atoms with E-state index in [1.54, 1.807) is 18.3 Å². The Morgan fingerprint density at radius 1 is 1.31 bits per heavy atom. The van der Waals surface area contributed by atoms with Gasteiger partial charge in [-0.1, -0.05) is 23.7 Å². The average Bonchev–Trinajstić information content (AvgIpc) is 3.35. The van der Waals surface area contributed by atoms with Crippen LogP contribution in [0.25, 0.3) is 11.3 Å². The van der Waals surface area contributed by atoms with E-state index in [9.17, 15) is 4.79 Å². The lowest BCUT2D eigenvalue weighted by atomic mass is 10.00. The largest absolute Gasteiger partial charge is 0.467 e. The summed E-state index contributed by atoms with van der Waals surface area (Å²) in [6, 6.07) is 10.8. The summed E-state index contributed by atoms with van der Waals surface area (Å²) in [5, 5.41) is 7.97. The molecule has 2 aromatic heterocycles. The van der Waals surface area contributed by atoms with Crippen molar-refractivity contribution in [1.82, 2.24) is 15.1 Å². The van der Waals surface area contributed by atoms with Crippen molar-refractivity contribution in [3.05, 3.63) is 64.7 Å². The molecule has 0 saturated carbocycles. The quantitative estimate of drug-likeness (QED) is 0.667. The number of aromatic amines is 1. The van der Waals surface area contributed by atoms with E-state index >= 15 is 0 Å². The van der Waals surface area contributed by atoms with Gasteiger partial charge in [0.15, 0.2) is 0 Å². The van der Waals surface area contributed by atoms with Crippen LogP contribution in [-0.4, -0.2) is 41.3 Å². The second-order valence-electron chi connectivity index (χ2n) is 6.13. The minimum Gasteiger partial charge on any atom is -0.467 e. The van der Waals surface area contributed by atoms with Gasteiger partial charge < -0.3 is 14.1 Å². The number of furan rings is 1. The Morgan fingerprint density at radius 2 is 2.12 bits per heavy atom. The minimum absolute atomic E-state index is 0.0785. The molecule has 26 heavy (non-hydrogen) atoms. The molecule has 7 heteroatoms. The number of carbonyl (C=O) groups is 1. The predicted octanol–water partition coefficient (Wildman–Crippen LogP) is 3.90. The molecule has 1 unspecified atom stereocenters. The summed E-state index contributed by atoms with van der Waals surface area (Å²) in [6.07, 6.45) is 2.36. The number of nitrogens with zero attached hydrogens (tertiary/aromatic N) is 2. The first kappa shape index (κ1) is 16.9. The topological polar surface area (TPSA) is 71.4 Å². The number of ether oxygens (including phenoxy) is 1. The van der Waals surface area contributed by atoms with E-state index in [1.165, 1.54) is 0 Å². The van der Waals surface area contributed by atoms with Gasteiger partial charge in [-0.2, -0.15) is 5.10 Å². The van der Waals surface area contributed by atoms with Crippen LogP contribution in [0.5, 0.6) is 0 Å². The first-order valence-corrected chi connectivity index (χ1v) is 8.76. The molecule has 4 rings (SSSR count). The molecule has 3 aromatic rings. The fourth-order valence-electron chi connectivity index (χ4n) is 3.38. The molecule has 1 aliphatic heterocycles. The van der Waals surface area contributed by atoms with Crippen LogP contribution in [0.2, 0.25) is 5.02 Å². The number of aromatic nitrogens is 2. The Hall–Kier alpha value is -2.57. The Labute approximate surface area is 155 Å². The monoisotopic (exact) mass is 371 g/mol. The number of nitrogens with one attached hydrogen (secondary N) is 1. The van der Waals surface area contributed by atoms with Crippen LogP contribution in [0, 0.1) is 0 Å². The van der Waals surface area contributed by atoms with Crippen molar-refractivity contribution >= 4 is 17.5 Å². The highest BCUT2D eigenvalue weighted by atomic mass is 35.5. The van der Waals surface area contributed by atoms with Gasteiger partial charge in [-0.25, -0.2) is 0 Å². The number of rotatable bonds is 6. The van der Waals surface area contributed by atoms with Crippen molar-refractivity contribution in [3.8, 4) is 11.3 Å². The molecule has 1 N–H and O–H groups in total. The van der Waals surface area contributed by atoms with Crippen LogP contribution in [0.15, 0.2) is 47.1 Å². The highest BCUT2D eigenvalue weighted by Gasteiger charge is 2.43. The molecule has 134 valence electrons. The van der Waals surface area contributed by atoms with Crippen LogP contribution in [0.3, 0.4) is 0 Å². The molecule has 6 nitrogen and oxygen atoms in total. The molecule has 3 heterocycles. The van der Waals surface area contributed by atoms with Gasteiger partial charge in [-0.05, 0) is 30.7 Å². The molecule has 0 fully saturated rings. The molecular weight excluding hydrogens is 354 g/mol. The smallest absolute Gasteiger partial charge is 0.273 e. The molecule has 1 amide bonds. The fraction of sp³-hybridized carbons (Fsp3) is 0.263. The summed E-state index contributed by atoms with van der Waals surface area (Å²) in [5.41, 5.74) is 2.98. The summed E-state index contributed by atoms with van der Waals surface area (Å²) in [5.74, 6) is 0.636. The third-order valence-corrected chi connectivity index (χ3v) is 4.79. The minimum atomic E-state index is -0.311. The standard InChI is InChI=1S/C19H18ClN3O3/c1-25-10-3-9-23-18(14-4-2-11-26-14)15-16(21-22-17(15)19(23)24)12-5-7-13(20)8-6-12/h2,4-8,11,18H,3,9-10H2,1H3,(H,21,22). The highest BCUT2D eigenvalue weighted by Crippen LogP contribution is 2.42. The van der Waals surface area contributed by atoms with Crippen LogP contribution in [0.1, 0.15) is 34.3 Å². The Morgan fingerprint density at radius 3 is 2.81 bits per heavy atom. The number of amides is 1. The number of hydrogen-bond donors (Lipinski definition) is 1. The summed E-state index contributed by atoms with van der Waals surface area (Å²) in [6.45, 7) is 1.16. The van der Waals surface area contributed by atoms with Crippen molar-refractivity contribution in [1.29, 1.82) is 0 Å². The van der Waals surface area contributed by atoms with Gasteiger partial charge in [-0.3, -0.25) is 9.89 Å². The second-order valence-corrected chi connectivity index (χ2v) is 6.57. The number of H-pyrrole nitrogens is 1. The molecule has 1 aromatic carbocycles. The van der Waals surface area contributed by atoms with E-state index in [-0.39, 0.29) is 11.9 Å². The zero-order chi connectivity index (χ0) is 18.1. The van der Waals surface area contributed by atoms with Gasteiger partial charge in [0.05, 0.1) is 12.0 Å². The number of hydrogen-bond acceptors (Lipinski definition) is 4. The molecule has 0 bridgehead atoms. The molecule has 1 aliphatic rings. The number of benzene rings is 1. The van der Waals surface area contributed by atoms with Crippen LogP contribution >= 0.6 is 11.6 Å². The van der Waals surface area contributed by atoms with Gasteiger partial charge in [0.25, 0.3) is 5.91 Å². The zero-order valence-electron chi connectivity index (χ0n) is 14.2. The van der Waals surface area contributed by atoms with Crippen LogP contribution < -0.4 is 0 Å². The van der Waals surface area contributed by atoms with Crippen molar-refractivity contribution in [2.24, 2.45) is 0 Å². The third-order valence-electron chi connectivity index (χ3n) is 4.54. The molecule has 0 saturated heterocycles. The van der Waals surface area contributed by atoms with E-state index in [1.807, 2.05) is 36.4 Å². The van der Waals surface area contributed by atoms with E-state index in [0.29, 0.717) is 29.6 Å². The van der Waals surface area contributed by atoms with E-state index in [0.717, 1.165) is 23.2 Å². The lowest BCUT2D eigenvalue weighted by Crippen LogP contribution is -2.31. The first-order valence-electron chi connectivity index (χ1n) is 8.38. The summed E-state index contributed by atoms with van der Waals surface area (Å²) in [7, 11) is 1.65.